The first-order chi connectivity index (χ1) is 9.97. The predicted octanol–water partition coefficient (Wildman–Crippen LogP) is 1.95. The summed E-state index contributed by atoms with van der Waals surface area (Å²) < 4.78 is 32.8. The molecule has 2 N–H and O–H groups in total. The third-order valence-corrected chi connectivity index (χ3v) is 6.43. The second kappa shape index (κ2) is 7.69. The van der Waals surface area contributed by atoms with Gasteiger partial charge in [-0.3, -0.25) is 0 Å². The first-order valence-corrected chi connectivity index (χ1v) is 9.72. The highest BCUT2D eigenvalue weighted by atomic mass is 32.2. The molecule has 0 bridgehead atoms. The Hall–Kier alpha value is -0.470. The van der Waals surface area contributed by atoms with E-state index in [0.717, 1.165) is 31.6 Å². The smallest absolute Gasteiger partial charge is 0.250 e. The number of thiophene rings is 1. The maximum Gasteiger partial charge on any atom is 0.250 e. The third-order valence-electron chi connectivity index (χ3n) is 3.48. The van der Waals surface area contributed by atoms with Gasteiger partial charge < -0.3 is 10.1 Å². The Morgan fingerprint density at radius 3 is 2.95 bits per heavy atom. The van der Waals surface area contributed by atoms with Gasteiger partial charge in [0, 0.05) is 32.3 Å². The minimum Gasteiger partial charge on any atom is -0.381 e. The van der Waals surface area contributed by atoms with Crippen LogP contribution in [0.5, 0.6) is 0 Å². The molecule has 7 heteroatoms. The summed E-state index contributed by atoms with van der Waals surface area (Å²) in [4.78, 5) is 0. The Kier molecular flexibility index (Phi) is 6.19. The third kappa shape index (κ3) is 5.34. The summed E-state index contributed by atoms with van der Waals surface area (Å²) in [5.41, 5.74) is 1.01. The van der Waals surface area contributed by atoms with Crippen molar-refractivity contribution in [3.05, 3.63) is 17.0 Å². The quantitative estimate of drug-likeness (QED) is 0.763. The van der Waals surface area contributed by atoms with Crippen LogP contribution in [-0.2, 0) is 21.3 Å². The minimum atomic E-state index is -3.37. The number of hydrogen-bond donors (Lipinski definition) is 2. The number of nitrogens with one attached hydrogen (secondary N) is 2. The van der Waals surface area contributed by atoms with Gasteiger partial charge in [0.25, 0.3) is 0 Å². The van der Waals surface area contributed by atoms with E-state index in [0.29, 0.717) is 29.3 Å². The van der Waals surface area contributed by atoms with Gasteiger partial charge in [-0.1, -0.05) is 13.8 Å². The molecule has 5 nitrogen and oxygen atoms in total. The molecular weight excluding hydrogens is 308 g/mol. The molecule has 2 rings (SSSR count). The highest BCUT2D eigenvalue weighted by molar-refractivity contribution is 7.91. The second-order valence-corrected chi connectivity index (χ2v) is 8.63. The molecule has 1 aromatic heterocycles. The minimum absolute atomic E-state index is 0.386. The van der Waals surface area contributed by atoms with Crippen molar-refractivity contribution < 1.29 is 13.2 Å². The van der Waals surface area contributed by atoms with Gasteiger partial charge in [0.15, 0.2) is 0 Å². The van der Waals surface area contributed by atoms with Crippen LogP contribution in [0.4, 0.5) is 0 Å². The summed E-state index contributed by atoms with van der Waals surface area (Å²) in [6.07, 6.45) is 1.87. The van der Waals surface area contributed by atoms with Crippen LogP contribution < -0.4 is 10.0 Å². The zero-order chi connectivity index (χ0) is 15.3. The lowest BCUT2D eigenvalue weighted by Crippen LogP contribution is -2.25. The van der Waals surface area contributed by atoms with E-state index in [2.05, 4.69) is 23.9 Å². The molecule has 0 aliphatic carbocycles. The van der Waals surface area contributed by atoms with Gasteiger partial charge in [-0.2, -0.15) is 0 Å². The van der Waals surface area contributed by atoms with Crippen LogP contribution in [0.25, 0.3) is 0 Å². The molecule has 120 valence electrons. The molecule has 1 atom stereocenters. The maximum absolute atomic E-state index is 12.2. The molecule has 1 unspecified atom stereocenters. The van der Waals surface area contributed by atoms with Crippen LogP contribution in [-0.4, -0.2) is 34.2 Å². The van der Waals surface area contributed by atoms with Crippen LogP contribution in [0.3, 0.4) is 0 Å². The van der Waals surface area contributed by atoms with Crippen LogP contribution >= 0.6 is 11.3 Å². The second-order valence-electron chi connectivity index (χ2n) is 5.73. The average Bonchev–Trinajstić information content (AvgIpc) is 3.07. The number of hydrogen-bond acceptors (Lipinski definition) is 5. The van der Waals surface area contributed by atoms with Gasteiger partial charge in [-0.05, 0) is 35.8 Å². The van der Waals surface area contributed by atoms with Crippen LogP contribution in [0, 0.1) is 5.92 Å². The molecular formula is C14H24N2O3S2. The summed E-state index contributed by atoms with van der Waals surface area (Å²) in [7, 11) is -3.37. The average molecular weight is 332 g/mol. The molecule has 1 aliphatic heterocycles. The zero-order valence-corrected chi connectivity index (χ0v) is 14.2. The van der Waals surface area contributed by atoms with E-state index in [1.54, 1.807) is 6.07 Å². The lowest BCUT2D eigenvalue weighted by Gasteiger charge is -2.08. The lowest BCUT2D eigenvalue weighted by molar-refractivity contribution is 0.184. The molecule has 1 saturated heterocycles. The summed E-state index contributed by atoms with van der Waals surface area (Å²) in [6, 6.07) is 2.14. The monoisotopic (exact) mass is 332 g/mol. The number of ether oxygens (including phenoxy) is 1. The topological polar surface area (TPSA) is 67.4 Å². The highest BCUT2D eigenvalue weighted by Gasteiger charge is 2.19. The van der Waals surface area contributed by atoms with Crippen LogP contribution in [0.1, 0.15) is 32.3 Å². The molecule has 1 aromatic rings. The largest absolute Gasteiger partial charge is 0.381 e. The maximum atomic E-state index is 12.2. The van der Waals surface area contributed by atoms with Gasteiger partial charge >= 0.3 is 0 Å². The van der Waals surface area contributed by atoms with Crippen LogP contribution in [0.2, 0.25) is 0 Å². The molecule has 0 aromatic carbocycles. The number of rotatable bonds is 8. The fourth-order valence-corrected chi connectivity index (χ4v) is 4.49. The molecule has 0 spiro atoms. The van der Waals surface area contributed by atoms with Crippen LogP contribution in [0.15, 0.2) is 15.7 Å². The van der Waals surface area contributed by atoms with Crippen molar-refractivity contribution in [2.45, 2.75) is 43.5 Å². The van der Waals surface area contributed by atoms with Crippen molar-refractivity contribution >= 4 is 21.4 Å². The van der Waals surface area contributed by atoms with Crippen molar-refractivity contribution in [2.24, 2.45) is 5.92 Å². The molecule has 1 aliphatic rings. The van der Waals surface area contributed by atoms with E-state index < -0.39 is 10.0 Å². The molecule has 0 amide bonds. The summed E-state index contributed by atoms with van der Waals surface area (Å²) in [6.45, 7) is 6.87. The predicted molar refractivity (Wildman–Crippen MR) is 85.0 cm³/mol. The summed E-state index contributed by atoms with van der Waals surface area (Å²) in [5.74, 6) is 0.488. The van der Waals surface area contributed by atoms with Gasteiger partial charge in [0.2, 0.25) is 10.0 Å². The van der Waals surface area contributed by atoms with Crippen molar-refractivity contribution in [3.8, 4) is 0 Å². The normalized spacial score (nSPS) is 19.5. The SMILES string of the molecule is CC(C)NCc1csc(S(=O)(=O)NCCC2CCOC2)c1. The highest BCUT2D eigenvalue weighted by Crippen LogP contribution is 2.21. The lowest BCUT2D eigenvalue weighted by atomic mass is 10.1. The Bertz CT molecular complexity index is 534. The molecule has 1 fully saturated rings. The fraction of sp³-hybridized carbons (Fsp3) is 0.714. The first kappa shape index (κ1) is 16.9. The summed E-state index contributed by atoms with van der Waals surface area (Å²) in [5, 5.41) is 5.18. The van der Waals surface area contributed by atoms with Gasteiger partial charge in [0.1, 0.15) is 4.21 Å². The van der Waals surface area contributed by atoms with E-state index >= 15 is 0 Å². The van der Waals surface area contributed by atoms with E-state index in [9.17, 15) is 8.42 Å². The van der Waals surface area contributed by atoms with Gasteiger partial charge in [0.05, 0.1) is 0 Å². The first-order valence-electron chi connectivity index (χ1n) is 7.35. The Labute approximate surface area is 131 Å². The fourth-order valence-electron chi connectivity index (χ4n) is 2.19. The van der Waals surface area contributed by atoms with Crippen molar-refractivity contribution in [3.63, 3.8) is 0 Å². The Morgan fingerprint density at radius 1 is 1.48 bits per heavy atom. The Morgan fingerprint density at radius 2 is 2.29 bits per heavy atom. The van der Waals surface area contributed by atoms with E-state index in [1.807, 2.05) is 5.38 Å². The zero-order valence-electron chi connectivity index (χ0n) is 12.6. The van der Waals surface area contributed by atoms with E-state index in [-0.39, 0.29) is 0 Å². The van der Waals surface area contributed by atoms with Crippen molar-refractivity contribution in [1.29, 1.82) is 0 Å². The molecule has 0 radical (unpaired) electrons. The Balaban J connectivity index is 1.83. The van der Waals surface area contributed by atoms with Crippen molar-refractivity contribution in [2.75, 3.05) is 19.8 Å². The van der Waals surface area contributed by atoms with E-state index in [1.165, 1.54) is 11.3 Å². The standard InChI is InChI=1S/C14H24N2O3S2/c1-11(2)15-8-13-7-14(20-10-13)21(17,18)16-5-3-12-4-6-19-9-12/h7,10-12,15-16H,3-6,8-9H2,1-2H3. The molecule has 0 saturated carbocycles. The van der Waals surface area contributed by atoms with Gasteiger partial charge in [-0.15, -0.1) is 11.3 Å². The van der Waals surface area contributed by atoms with E-state index in [4.69, 9.17) is 4.74 Å². The molecule has 2 heterocycles. The molecule has 21 heavy (non-hydrogen) atoms. The summed E-state index contributed by atoms with van der Waals surface area (Å²) >= 11 is 1.28. The number of sulfonamides is 1. The van der Waals surface area contributed by atoms with Crippen molar-refractivity contribution in [1.82, 2.24) is 10.0 Å². The van der Waals surface area contributed by atoms with Gasteiger partial charge in [-0.25, -0.2) is 13.1 Å².